The van der Waals surface area contributed by atoms with Gasteiger partial charge in [0.2, 0.25) is 0 Å². The van der Waals surface area contributed by atoms with E-state index in [1.807, 2.05) is 6.08 Å². The zero-order valence-corrected chi connectivity index (χ0v) is 10.8. The summed E-state index contributed by atoms with van der Waals surface area (Å²) in [6.45, 7) is 8.38. The highest BCUT2D eigenvalue weighted by molar-refractivity contribution is 5.53. The molecule has 88 valence electrons. The monoisotopic (exact) mass is 216 g/mol. The van der Waals surface area contributed by atoms with Gasteiger partial charge in [-0.05, 0) is 36.0 Å². The lowest BCUT2D eigenvalue weighted by molar-refractivity contribution is 0.716. The molecule has 0 atom stereocenters. The minimum absolute atomic E-state index is 1.19. The SMILES string of the molecule is C=Cc1ccc(CCC)cc1CCCCC. The van der Waals surface area contributed by atoms with Crippen molar-refractivity contribution in [1.29, 1.82) is 0 Å². The fourth-order valence-corrected chi connectivity index (χ4v) is 2.08. The highest BCUT2D eigenvalue weighted by Gasteiger charge is 2.01. The molecule has 0 nitrogen and oxygen atoms in total. The molecule has 0 aromatic heterocycles. The molecule has 0 saturated carbocycles. The first-order chi connectivity index (χ1) is 7.81. The van der Waals surface area contributed by atoms with Crippen LogP contribution in [0, 0.1) is 0 Å². The van der Waals surface area contributed by atoms with Gasteiger partial charge in [0.05, 0.1) is 0 Å². The average Bonchev–Trinajstić information content (AvgIpc) is 2.30. The summed E-state index contributed by atoms with van der Waals surface area (Å²) in [5.41, 5.74) is 4.27. The van der Waals surface area contributed by atoms with E-state index in [0.29, 0.717) is 0 Å². The van der Waals surface area contributed by atoms with Gasteiger partial charge in [0.15, 0.2) is 0 Å². The van der Waals surface area contributed by atoms with Gasteiger partial charge >= 0.3 is 0 Å². The van der Waals surface area contributed by atoms with Crippen LogP contribution < -0.4 is 0 Å². The summed E-state index contributed by atoms with van der Waals surface area (Å²) in [6.07, 6.45) is 9.52. The van der Waals surface area contributed by atoms with Crippen LogP contribution in [0.15, 0.2) is 24.8 Å². The van der Waals surface area contributed by atoms with Gasteiger partial charge in [0.25, 0.3) is 0 Å². The molecule has 0 heteroatoms. The van der Waals surface area contributed by atoms with E-state index >= 15 is 0 Å². The number of benzene rings is 1. The van der Waals surface area contributed by atoms with Crippen LogP contribution in [0.2, 0.25) is 0 Å². The van der Waals surface area contributed by atoms with Crippen LogP contribution in [-0.4, -0.2) is 0 Å². The molecule has 0 radical (unpaired) electrons. The second-order valence-electron chi connectivity index (χ2n) is 4.44. The van der Waals surface area contributed by atoms with Gasteiger partial charge in [-0.3, -0.25) is 0 Å². The van der Waals surface area contributed by atoms with Gasteiger partial charge in [0.1, 0.15) is 0 Å². The fourth-order valence-electron chi connectivity index (χ4n) is 2.08. The molecule has 1 aromatic rings. The van der Waals surface area contributed by atoms with Crippen LogP contribution in [-0.2, 0) is 12.8 Å². The number of unbranched alkanes of at least 4 members (excludes halogenated alkanes) is 2. The van der Waals surface area contributed by atoms with E-state index in [1.54, 1.807) is 0 Å². The quantitative estimate of drug-likeness (QED) is 0.562. The molecule has 0 saturated heterocycles. The minimum atomic E-state index is 1.19. The van der Waals surface area contributed by atoms with Crippen LogP contribution in [0.1, 0.15) is 56.2 Å². The van der Waals surface area contributed by atoms with Crippen LogP contribution in [0.5, 0.6) is 0 Å². The normalized spacial score (nSPS) is 10.4. The molecular formula is C16H24. The molecule has 0 unspecified atom stereocenters. The maximum atomic E-state index is 3.90. The summed E-state index contributed by atoms with van der Waals surface area (Å²) in [6, 6.07) is 6.83. The minimum Gasteiger partial charge on any atom is -0.0985 e. The third-order valence-electron chi connectivity index (χ3n) is 3.02. The van der Waals surface area contributed by atoms with Crippen molar-refractivity contribution in [2.45, 2.75) is 52.4 Å². The first kappa shape index (κ1) is 13.0. The van der Waals surface area contributed by atoms with Crippen molar-refractivity contribution in [3.8, 4) is 0 Å². The number of hydrogen-bond acceptors (Lipinski definition) is 0. The van der Waals surface area contributed by atoms with E-state index in [2.05, 4.69) is 38.6 Å². The summed E-state index contributed by atoms with van der Waals surface area (Å²) in [5, 5.41) is 0. The molecular weight excluding hydrogens is 192 g/mol. The maximum absolute atomic E-state index is 3.90. The molecule has 16 heavy (non-hydrogen) atoms. The van der Waals surface area contributed by atoms with Crippen LogP contribution in [0.3, 0.4) is 0 Å². The largest absolute Gasteiger partial charge is 0.0985 e. The first-order valence-electron chi connectivity index (χ1n) is 6.56. The van der Waals surface area contributed by atoms with E-state index in [9.17, 15) is 0 Å². The second kappa shape index (κ2) is 7.27. The Morgan fingerprint density at radius 2 is 1.88 bits per heavy atom. The van der Waals surface area contributed by atoms with Gasteiger partial charge in [-0.25, -0.2) is 0 Å². The first-order valence-corrected chi connectivity index (χ1v) is 6.56. The van der Waals surface area contributed by atoms with E-state index < -0.39 is 0 Å². The van der Waals surface area contributed by atoms with Gasteiger partial charge in [-0.2, -0.15) is 0 Å². The Kier molecular flexibility index (Phi) is 5.92. The Morgan fingerprint density at radius 1 is 1.06 bits per heavy atom. The number of rotatable bonds is 7. The van der Waals surface area contributed by atoms with Crippen molar-refractivity contribution < 1.29 is 0 Å². The molecule has 0 bridgehead atoms. The summed E-state index contributed by atoms with van der Waals surface area (Å²) in [4.78, 5) is 0. The van der Waals surface area contributed by atoms with Gasteiger partial charge in [-0.1, -0.05) is 64.0 Å². The van der Waals surface area contributed by atoms with Crippen molar-refractivity contribution in [2.75, 3.05) is 0 Å². The second-order valence-corrected chi connectivity index (χ2v) is 4.44. The predicted molar refractivity (Wildman–Crippen MR) is 73.8 cm³/mol. The van der Waals surface area contributed by atoms with Crippen molar-refractivity contribution >= 4 is 6.08 Å². The lowest BCUT2D eigenvalue weighted by Gasteiger charge is -2.08. The van der Waals surface area contributed by atoms with Crippen molar-refractivity contribution in [3.05, 3.63) is 41.5 Å². The fraction of sp³-hybridized carbons (Fsp3) is 0.500. The molecule has 1 aromatic carbocycles. The zero-order valence-electron chi connectivity index (χ0n) is 10.8. The molecule has 0 aliphatic rings. The maximum Gasteiger partial charge on any atom is -0.0230 e. The van der Waals surface area contributed by atoms with Gasteiger partial charge in [0, 0.05) is 0 Å². The Labute approximate surface area is 100 Å². The van der Waals surface area contributed by atoms with Gasteiger partial charge in [-0.15, -0.1) is 0 Å². The van der Waals surface area contributed by atoms with E-state index in [1.165, 1.54) is 55.2 Å². The molecule has 0 aliphatic carbocycles. The van der Waals surface area contributed by atoms with E-state index in [0.717, 1.165) is 0 Å². The molecule has 0 spiro atoms. The Bertz CT molecular complexity index is 323. The third kappa shape index (κ3) is 3.84. The Hall–Kier alpha value is -1.04. The Morgan fingerprint density at radius 3 is 2.50 bits per heavy atom. The predicted octanol–water partition coefficient (Wildman–Crippen LogP) is 5.01. The van der Waals surface area contributed by atoms with Crippen LogP contribution in [0.4, 0.5) is 0 Å². The summed E-state index contributed by atoms with van der Waals surface area (Å²) >= 11 is 0. The number of aryl methyl sites for hydroxylation is 2. The van der Waals surface area contributed by atoms with Crippen molar-refractivity contribution in [3.63, 3.8) is 0 Å². The van der Waals surface area contributed by atoms with Gasteiger partial charge < -0.3 is 0 Å². The molecule has 0 N–H and O–H groups in total. The van der Waals surface area contributed by atoms with Crippen molar-refractivity contribution in [2.24, 2.45) is 0 Å². The van der Waals surface area contributed by atoms with Crippen LogP contribution >= 0.6 is 0 Å². The smallest absolute Gasteiger partial charge is 0.0230 e. The lowest BCUT2D eigenvalue weighted by Crippen LogP contribution is -1.93. The summed E-state index contributed by atoms with van der Waals surface area (Å²) < 4.78 is 0. The molecule has 0 heterocycles. The number of hydrogen-bond donors (Lipinski definition) is 0. The van der Waals surface area contributed by atoms with E-state index in [-0.39, 0.29) is 0 Å². The molecule has 0 aliphatic heterocycles. The highest BCUT2D eigenvalue weighted by Crippen LogP contribution is 2.17. The average molecular weight is 216 g/mol. The summed E-state index contributed by atoms with van der Waals surface area (Å²) in [5.74, 6) is 0. The standard InChI is InChI=1S/C16H24/c1-4-7-8-10-16-13-14(9-5-2)11-12-15(16)6-3/h6,11-13H,3-5,7-10H2,1-2H3. The summed E-state index contributed by atoms with van der Waals surface area (Å²) in [7, 11) is 0. The topological polar surface area (TPSA) is 0 Å². The lowest BCUT2D eigenvalue weighted by atomic mass is 9.97. The van der Waals surface area contributed by atoms with Crippen LogP contribution in [0.25, 0.3) is 6.08 Å². The Balaban J connectivity index is 2.75. The van der Waals surface area contributed by atoms with E-state index in [4.69, 9.17) is 0 Å². The third-order valence-corrected chi connectivity index (χ3v) is 3.02. The molecule has 1 rings (SSSR count). The van der Waals surface area contributed by atoms with Crippen molar-refractivity contribution in [1.82, 2.24) is 0 Å². The molecule has 0 amide bonds. The zero-order chi connectivity index (χ0) is 11.8. The molecule has 0 fully saturated rings. The highest BCUT2D eigenvalue weighted by atomic mass is 14.1.